The number of ether oxygens (including phenoxy) is 2. The molecular formula is C54H102N2O10. The predicted octanol–water partition coefficient (Wildman–Crippen LogP) is 14.1. The molecule has 0 radical (unpaired) electrons. The molecule has 0 bridgehead atoms. The third kappa shape index (κ3) is 28.3. The van der Waals surface area contributed by atoms with Crippen molar-refractivity contribution >= 4 is 23.9 Å². The summed E-state index contributed by atoms with van der Waals surface area (Å²) in [5.74, 6) is -1.64. The number of aliphatic carboxylic acids is 2. The van der Waals surface area contributed by atoms with Crippen LogP contribution in [0, 0.1) is 0 Å². The largest absolute Gasteiger partial charge is 0.481 e. The van der Waals surface area contributed by atoms with E-state index in [1.54, 1.807) is 0 Å². The zero-order chi connectivity index (χ0) is 49.5. The monoisotopic (exact) mass is 939 g/mol. The van der Waals surface area contributed by atoms with Gasteiger partial charge in [0, 0.05) is 73.5 Å². The summed E-state index contributed by atoms with van der Waals surface area (Å²) in [6.07, 6.45) is 30.6. The number of esters is 2. The Hall–Kier alpha value is -2.28. The quantitative estimate of drug-likeness (QED) is 0.0454. The molecule has 388 valence electrons. The van der Waals surface area contributed by atoms with Crippen LogP contribution in [0.3, 0.4) is 0 Å². The fourth-order valence-corrected chi connectivity index (χ4v) is 10.3. The highest BCUT2D eigenvalue weighted by atomic mass is 16.7. The second kappa shape index (κ2) is 34.1. The van der Waals surface area contributed by atoms with Crippen LogP contribution in [0.2, 0.25) is 0 Å². The first-order chi connectivity index (χ1) is 31.2. The highest BCUT2D eigenvalue weighted by molar-refractivity contribution is 5.70. The van der Waals surface area contributed by atoms with Crippen molar-refractivity contribution in [1.82, 2.24) is 10.1 Å². The Morgan fingerprint density at radius 2 is 0.636 bits per heavy atom. The van der Waals surface area contributed by atoms with Gasteiger partial charge in [-0.2, -0.15) is 10.1 Å². The van der Waals surface area contributed by atoms with Gasteiger partial charge < -0.3 is 19.7 Å². The Bertz CT molecular complexity index is 1180. The van der Waals surface area contributed by atoms with E-state index in [0.29, 0.717) is 12.8 Å². The first-order valence-electron chi connectivity index (χ1n) is 26.9. The molecule has 0 saturated carbocycles. The molecule has 2 N–H and O–H groups in total. The number of carboxylic acid groups (broad SMARTS) is 2. The Morgan fingerprint density at radius 3 is 0.909 bits per heavy atom. The highest BCUT2D eigenvalue weighted by Crippen LogP contribution is 2.41. The van der Waals surface area contributed by atoms with E-state index in [-0.39, 0.29) is 59.1 Å². The molecule has 0 spiro atoms. The minimum atomic E-state index is -0.740. The molecule has 0 aliphatic carbocycles. The van der Waals surface area contributed by atoms with Crippen molar-refractivity contribution in [3.8, 4) is 0 Å². The molecule has 2 aliphatic heterocycles. The van der Waals surface area contributed by atoms with Gasteiger partial charge in [-0.05, 0) is 93.9 Å². The molecule has 2 aliphatic rings. The van der Waals surface area contributed by atoms with Crippen LogP contribution in [0.4, 0.5) is 0 Å². The van der Waals surface area contributed by atoms with E-state index >= 15 is 0 Å². The summed E-state index contributed by atoms with van der Waals surface area (Å²) in [6, 6.07) is 0. The van der Waals surface area contributed by atoms with Gasteiger partial charge in [0.1, 0.15) is 12.2 Å². The second-order valence-electron chi connectivity index (χ2n) is 22.1. The zero-order valence-electron chi connectivity index (χ0n) is 44.3. The van der Waals surface area contributed by atoms with E-state index in [1.165, 1.54) is 64.2 Å². The number of unbranched alkanes of at least 4 members (excludes halogenated alkanes) is 20. The van der Waals surface area contributed by atoms with Crippen LogP contribution in [0.1, 0.15) is 275 Å². The third-order valence-corrected chi connectivity index (χ3v) is 13.2. The maximum atomic E-state index is 12.8. The summed E-state index contributed by atoms with van der Waals surface area (Å²) in [7, 11) is 0. The lowest BCUT2D eigenvalue weighted by Gasteiger charge is -2.53. The van der Waals surface area contributed by atoms with Crippen LogP contribution in [-0.2, 0) is 38.3 Å². The second-order valence-corrected chi connectivity index (χ2v) is 22.1. The van der Waals surface area contributed by atoms with Crippen molar-refractivity contribution in [2.75, 3.05) is 13.2 Å². The van der Waals surface area contributed by atoms with E-state index in [4.69, 9.17) is 29.4 Å². The highest BCUT2D eigenvalue weighted by Gasteiger charge is 2.49. The van der Waals surface area contributed by atoms with Gasteiger partial charge in [0.05, 0.1) is 13.2 Å². The normalized spacial score (nSPS) is 18.3. The Kier molecular flexibility index (Phi) is 31.9. The number of hydroxylamine groups is 4. The van der Waals surface area contributed by atoms with Gasteiger partial charge in [0.2, 0.25) is 0 Å². The van der Waals surface area contributed by atoms with Crippen molar-refractivity contribution in [2.45, 2.75) is 309 Å². The smallest absolute Gasteiger partial charge is 0.306 e. The van der Waals surface area contributed by atoms with E-state index < -0.39 is 11.9 Å². The number of carboxylic acids is 2. The van der Waals surface area contributed by atoms with Gasteiger partial charge in [0.15, 0.2) is 0 Å². The average molecular weight is 939 g/mol. The van der Waals surface area contributed by atoms with Gasteiger partial charge in [-0.25, -0.2) is 0 Å². The summed E-state index contributed by atoms with van der Waals surface area (Å²) in [5, 5.41) is 21.1. The molecule has 0 amide bonds. The van der Waals surface area contributed by atoms with Crippen molar-refractivity contribution < 1.29 is 48.5 Å². The van der Waals surface area contributed by atoms with Crippen LogP contribution in [0.25, 0.3) is 0 Å². The number of carbonyl (C=O) groups is 4. The van der Waals surface area contributed by atoms with Gasteiger partial charge in [0.25, 0.3) is 0 Å². The molecule has 2 saturated heterocycles. The standard InChI is InChI=1S/C44H84N2O6.C10H18O4/c1-11-13-15-17-23-27-31-49-45-41(3,4)33-37(34-42(45,5)6)51-39(47)29-25-21-19-20-22-26-30-40(48)52-38-35-43(7,8)46(44(9,10)36-38)50-32-28-24-18-16-14-12-2;11-9(12)7-5-3-1-2-4-6-8-10(13)14/h37-38H,11-36H2,1-10H3;1-8H2,(H,11,12)(H,13,14). The number of rotatable bonds is 36. The van der Waals surface area contributed by atoms with Crippen LogP contribution >= 0.6 is 0 Å². The Labute approximate surface area is 403 Å². The van der Waals surface area contributed by atoms with E-state index in [9.17, 15) is 19.2 Å². The summed E-state index contributed by atoms with van der Waals surface area (Å²) in [5.41, 5.74) is -0.803. The molecule has 2 fully saturated rings. The number of hydrogen-bond donors (Lipinski definition) is 2. The van der Waals surface area contributed by atoms with Gasteiger partial charge in [-0.3, -0.25) is 28.9 Å². The SMILES string of the molecule is CCCCCCCCON1C(C)(C)CC(OC(=O)CCCCCCCCC(=O)OC2CC(C)(C)N(OCCCCCCCC)C(C)(C)C2)CC1(C)C.O=C(O)CCCCCCCCC(=O)O. The van der Waals surface area contributed by atoms with E-state index in [0.717, 1.165) is 129 Å². The van der Waals surface area contributed by atoms with Crippen LogP contribution < -0.4 is 0 Å². The molecule has 2 heterocycles. The lowest BCUT2D eigenvalue weighted by molar-refractivity contribution is -0.293. The maximum Gasteiger partial charge on any atom is 0.306 e. The zero-order valence-corrected chi connectivity index (χ0v) is 44.3. The van der Waals surface area contributed by atoms with E-state index in [1.807, 2.05) is 0 Å². The Balaban J connectivity index is 0.00000133. The third-order valence-electron chi connectivity index (χ3n) is 13.2. The van der Waals surface area contributed by atoms with Crippen LogP contribution in [-0.4, -0.2) is 91.8 Å². The minimum Gasteiger partial charge on any atom is -0.481 e. The number of carbonyl (C=O) groups excluding carboxylic acids is 2. The molecular weight excluding hydrogens is 837 g/mol. The fraction of sp³-hybridized carbons (Fsp3) is 0.926. The Morgan fingerprint density at radius 1 is 0.394 bits per heavy atom. The van der Waals surface area contributed by atoms with Gasteiger partial charge in [-0.15, -0.1) is 0 Å². The lowest BCUT2D eigenvalue weighted by atomic mass is 9.80. The molecule has 0 aromatic carbocycles. The lowest BCUT2D eigenvalue weighted by Crippen LogP contribution is -2.62. The van der Waals surface area contributed by atoms with E-state index in [2.05, 4.69) is 79.4 Å². The molecule has 0 atom stereocenters. The van der Waals surface area contributed by atoms with Crippen LogP contribution in [0.15, 0.2) is 0 Å². The molecule has 12 heteroatoms. The molecule has 66 heavy (non-hydrogen) atoms. The summed E-state index contributed by atoms with van der Waals surface area (Å²) in [4.78, 5) is 58.5. The topological polar surface area (TPSA) is 152 Å². The van der Waals surface area contributed by atoms with Gasteiger partial charge in [-0.1, -0.05) is 129 Å². The molecule has 0 unspecified atom stereocenters. The average Bonchev–Trinajstić information content (AvgIpc) is 3.20. The number of hydrogen-bond acceptors (Lipinski definition) is 10. The summed E-state index contributed by atoms with van der Waals surface area (Å²) < 4.78 is 12.0. The molecule has 0 aromatic rings. The number of nitrogens with zero attached hydrogens (tertiary/aromatic N) is 2. The van der Waals surface area contributed by atoms with Crippen molar-refractivity contribution in [1.29, 1.82) is 0 Å². The van der Waals surface area contributed by atoms with Crippen LogP contribution in [0.5, 0.6) is 0 Å². The summed E-state index contributed by atoms with van der Waals surface area (Å²) in [6.45, 7) is 23.6. The van der Waals surface area contributed by atoms with Crippen molar-refractivity contribution in [2.24, 2.45) is 0 Å². The molecule has 0 aromatic heterocycles. The fourth-order valence-electron chi connectivity index (χ4n) is 10.3. The van der Waals surface area contributed by atoms with Gasteiger partial charge >= 0.3 is 23.9 Å². The summed E-state index contributed by atoms with van der Waals surface area (Å²) >= 11 is 0. The minimum absolute atomic E-state index is 0.0812. The van der Waals surface area contributed by atoms with Crippen molar-refractivity contribution in [3.05, 3.63) is 0 Å². The first kappa shape index (κ1) is 61.7. The first-order valence-corrected chi connectivity index (χ1v) is 26.9. The van der Waals surface area contributed by atoms with Crippen molar-refractivity contribution in [3.63, 3.8) is 0 Å². The molecule has 2 rings (SSSR count). The predicted molar refractivity (Wildman–Crippen MR) is 266 cm³/mol. The maximum absolute atomic E-state index is 12.8. The number of piperidine rings is 2. The molecule has 12 nitrogen and oxygen atoms in total.